The maximum atomic E-state index is 9.07. The van der Waals surface area contributed by atoms with Gasteiger partial charge < -0.3 is 9.84 Å². The molecule has 0 amide bonds. The van der Waals surface area contributed by atoms with E-state index in [2.05, 4.69) is 5.10 Å². The molecule has 4 heteroatoms. The van der Waals surface area contributed by atoms with Crippen molar-refractivity contribution in [3.63, 3.8) is 0 Å². The zero-order chi connectivity index (χ0) is 10.7. The highest BCUT2D eigenvalue weighted by molar-refractivity contribution is 5.31. The molecule has 0 aliphatic heterocycles. The normalized spacial score (nSPS) is 12.9. The van der Waals surface area contributed by atoms with Gasteiger partial charge in [0.15, 0.2) is 5.75 Å². The number of aryl methyl sites for hydroxylation is 2. The number of hydrogen-bond donors (Lipinski definition) is 1. The number of aliphatic hydroxyl groups is 1. The number of nitrogens with zero attached hydrogens (tertiary/aromatic N) is 2. The Labute approximate surface area is 84.5 Å². The summed E-state index contributed by atoms with van der Waals surface area (Å²) >= 11 is 0. The molecule has 80 valence electrons. The average molecular weight is 198 g/mol. The molecule has 0 aliphatic carbocycles. The number of aromatic nitrogens is 2. The standard InChI is InChI=1S/C10H18N2O2/c1-7(13)5-6-14-10-8(2)11-12(4)9(10)3/h7,13H,5-6H2,1-4H3. The Morgan fingerprint density at radius 1 is 1.50 bits per heavy atom. The van der Waals surface area contributed by atoms with E-state index in [1.807, 2.05) is 20.9 Å². The van der Waals surface area contributed by atoms with Gasteiger partial charge in [-0.3, -0.25) is 4.68 Å². The Morgan fingerprint density at radius 3 is 2.57 bits per heavy atom. The summed E-state index contributed by atoms with van der Waals surface area (Å²) in [6, 6.07) is 0. The van der Waals surface area contributed by atoms with Crippen molar-refractivity contribution in [1.82, 2.24) is 9.78 Å². The van der Waals surface area contributed by atoms with Crippen LogP contribution in [0.15, 0.2) is 0 Å². The van der Waals surface area contributed by atoms with E-state index in [1.54, 1.807) is 11.6 Å². The predicted octanol–water partition coefficient (Wildman–Crippen LogP) is 1.19. The molecule has 1 N–H and O–H groups in total. The smallest absolute Gasteiger partial charge is 0.162 e. The largest absolute Gasteiger partial charge is 0.490 e. The SMILES string of the molecule is Cc1nn(C)c(C)c1OCCC(C)O. The second-order valence-corrected chi connectivity index (χ2v) is 3.61. The Balaban J connectivity index is 2.58. The maximum absolute atomic E-state index is 9.07. The zero-order valence-electron chi connectivity index (χ0n) is 9.24. The lowest BCUT2D eigenvalue weighted by Gasteiger charge is -2.07. The fourth-order valence-corrected chi connectivity index (χ4v) is 1.29. The molecule has 0 aliphatic rings. The van der Waals surface area contributed by atoms with E-state index in [0.29, 0.717) is 13.0 Å². The zero-order valence-corrected chi connectivity index (χ0v) is 9.24. The fourth-order valence-electron chi connectivity index (χ4n) is 1.29. The maximum Gasteiger partial charge on any atom is 0.162 e. The Bertz CT molecular complexity index is 305. The monoisotopic (exact) mass is 198 g/mol. The molecule has 1 aromatic rings. The predicted molar refractivity (Wildman–Crippen MR) is 54.5 cm³/mol. The fraction of sp³-hybridized carbons (Fsp3) is 0.700. The first kappa shape index (κ1) is 11.0. The summed E-state index contributed by atoms with van der Waals surface area (Å²) in [7, 11) is 1.89. The Hall–Kier alpha value is -1.03. The molecule has 14 heavy (non-hydrogen) atoms. The first-order chi connectivity index (χ1) is 6.52. The molecular formula is C10H18N2O2. The van der Waals surface area contributed by atoms with E-state index in [0.717, 1.165) is 17.1 Å². The van der Waals surface area contributed by atoms with Crippen LogP contribution in [-0.2, 0) is 7.05 Å². The molecule has 0 aromatic carbocycles. The molecule has 0 saturated carbocycles. The molecule has 0 saturated heterocycles. The first-order valence-electron chi connectivity index (χ1n) is 4.83. The van der Waals surface area contributed by atoms with Crippen LogP contribution < -0.4 is 4.74 Å². The molecule has 1 unspecified atom stereocenters. The molecule has 1 heterocycles. The van der Waals surface area contributed by atoms with Crippen molar-refractivity contribution in [1.29, 1.82) is 0 Å². The third-order valence-electron chi connectivity index (χ3n) is 2.22. The van der Waals surface area contributed by atoms with Crippen molar-refractivity contribution in [3.8, 4) is 5.75 Å². The molecule has 4 nitrogen and oxygen atoms in total. The summed E-state index contributed by atoms with van der Waals surface area (Å²) in [4.78, 5) is 0. The van der Waals surface area contributed by atoms with Crippen LogP contribution in [0.3, 0.4) is 0 Å². The van der Waals surface area contributed by atoms with E-state index in [9.17, 15) is 0 Å². The van der Waals surface area contributed by atoms with Gasteiger partial charge in [-0.15, -0.1) is 0 Å². The average Bonchev–Trinajstić information content (AvgIpc) is 2.31. The van der Waals surface area contributed by atoms with Crippen LogP contribution in [0.1, 0.15) is 24.7 Å². The second kappa shape index (κ2) is 4.46. The van der Waals surface area contributed by atoms with Gasteiger partial charge in [-0.1, -0.05) is 0 Å². The molecular weight excluding hydrogens is 180 g/mol. The van der Waals surface area contributed by atoms with E-state index >= 15 is 0 Å². The summed E-state index contributed by atoms with van der Waals surface area (Å²) < 4.78 is 7.35. The minimum atomic E-state index is -0.313. The third kappa shape index (κ3) is 2.48. The van der Waals surface area contributed by atoms with Gasteiger partial charge in [0.2, 0.25) is 0 Å². The Kier molecular flexibility index (Phi) is 3.52. The molecule has 1 rings (SSSR count). The van der Waals surface area contributed by atoms with Gasteiger partial charge in [-0.25, -0.2) is 0 Å². The van der Waals surface area contributed by atoms with Crippen LogP contribution in [0, 0.1) is 13.8 Å². The van der Waals surface area contributed by atoms with Gasteiger partial charge >= 0.3 is 0 Å². The van der Waals surface area contributed by atoms with Gasteiger partial charge in [0.1, 0.15) is 5.69 Å². The molecule has 1 aromatic heterocycles. The Morgan fingerprint density at radius 2 is 2.14 bits per heavy atom. The van der Waals surface area contributed by atoms with Crippen molar-refractivity contribution in [2.45, 2.75) is 33.3 Å². The van der Waals surface area contributed by atoms with Crippen molar-refractivity contribution < 1.29 is 9.84 Å². The highest BCUT2D eigenvalue weighted by atomic mass is 16.5. The van der Waals surface area contributed by atoms with Gasteiger partial charge in [0, 0.05) is 13.5 Å². The lowest BCUT2D eigenvalue weighted by molar-refractivity contribution is 0.155. The number of aliphatic hydroxyl groups excluding tert-OH is 1. The van der Waals surface area contributed by atoms with E-state index in [4.69, 9.17) is 9.84 Å². The van der Waals surface area contributed by atoms with E-state index < -0.39 is 0 Å². The van der Waals surface area contributed by atoms with Crippen LogP contribution in [0.5, 0.6) is 5.75 Å². The molecule has 0 spiro atoms. The third-order valence-corrected chi connectivity index (χ3v) is 2.22. The number of hydrogen-bond acceptors (Lipinski definition) is 3. The number of ether oxygens (including phenoxy) is 1. The van der Waals surface area contributed by atoms with Gasteiger partial charge in [0.25, 0.3) is 0 Å². The van der Waals surface area contributed by atoms with Gasteiger partial charge in [-0.2, -0.15) is 5.10 Å². The van der Waals surface area contributed by atoms with Crippen molar-refractivity contribution in [2.75, 3.05) is 6.61 Å². The summed E-state index contributed by atoms with van der Waals surface area (Å²) in [6.45, 7) is 6.18. The number of rotatable bonds is 4. The minimum absolute atomic E-state index is 0.313. The highest BCUT2D eigenvalue weighted by Gasteiger charge is 2.10. The summed E-state index contributed by atoms with van der Waals surface area (Å²) in [6.07, 6.45) is 0.334. The van der Waals surface area contributed by atoms with Crippen LogP contribution in [0.25, 0.3) is 0 Å². The van der Waals surface area contributed by atoms with Crippen molar-refractivity contribution >= 4 is 0 Å². The van der Waals surface area contributed by atoms with Crippen LogP contribution in [-0.4, -0.2) is 27.6 Å². The highest BCUT2D eigenvalue weighted by Crippen LogP contribution is 2.21. The van der Waals surface area contributed by atoms with E-state index in [-0.39, 0.29) is 6.10 Å². The van der Waals surface area contributed by atoms with Crippen molar-refractivity contribution in [3.05, 3.63) is 11.4 Å². The van der Waals surface area contributed by atoms with Crippen molar-refractivity contribution in [2.24, 2.45) is 7.05 Å². The van der Waals surface area contributed by atoms with Crippen LogP contribution in [0.4, 0.5) is 0 Å². The summed E-state index contributed by atoms with van der Waals surface area (Å²) in [5, 5.41) is 13.3. The lowest BCUT2D eigenvalue weighted by Crippen LogP contribution is -2.08. The molecule has 0 radical (unpaired) electrons. The molecule has 0 bridgehead atoms. The van der Waals surface area contributed by atoms with E-state index in [1.165, 1.54) is 0 Å². The molecule has 0 fully saturated rings. The summed E-state index contributed by atoms with van der Waals surface area (Å²) in [5.74, 6) is 0.841. The van der Waals surface area contributed by atoms with Gasteiger partial charge in [-0.05, 0) is 20.8 Å². The quantitative estimate of drug-likeness (QED) is 0.790. The second-order valence-electron chi connectivity index (χ2n) is 3.61. The summed E-state index contributed by atoms with van der Waals surface area (Å²) in [5.41, 5.74) is 1.92. The van der Waals surface area contributed by atoms with Crippen LogP contribution in [0.2, 0.25) is 0 Å². The lowest BCUT2D eigenvalue weighted by atomic mass is 10.3. The molecule has 1 atom stereocenters. The van der Waals surface area contributed by atoms with Gasteiger partial charge in [0.05, 0.1) is 18.4 Å². The minimum Gasteiger partial charge on any atom is -0.490 e. The first-order valence-corrected chi connectivity index (χ1v) is 4.83. The van der Waals surface area contributed by atoms with Crippen LogP contribution >= 0.6 is 0 Å². The topological polar surface area (TPSA) is 47.3 Å².